The largest absolute Gasteiger partial charge is 0.393 e. The van der Waals surface area contributed by atoms with Gasteiger partial charge in [-0.15, -0.1) is 0 Å². The van der Waals surface area contributed by atoms with Gasteiger partial charge in [0.1, 0.15) is 0 Å². The van der Waals surface area contributed by atoms with Crippen molar-refractivity contribution >= 4 is 22.8 Å². The van der Waals surface area contributed by atoms with Gasteiger partial charge in [-0.2, -0.15) is 5.10 Å². The van der Waals surface area contributed by atoms with Gasteiger partial charge < -0.3 is 15.7 Å². The van der Waals surface area contributed by atoms with Crippen molar-refractivity contribution in [3.8, 4) is 0 Å². The standard InChI is InChI=1S/C21H26N6O2/c28-18-7-5-17(6-8-18)25-21-23-14-16-4-3-15(13-19(16)26-21)20(29)22-9-1-11-27-12-2-10-24-27/h2-4,10,12-14,17-18,28H,1,5-9,11H2,(H,22,29)(H,23,25,26). The lowest BCUT2D eigenvalue weighted by Gasteiger charge is -2.26. The Kier molecular flexibility index (Phi) is 6.00. The summed E-state index contributed by atoms with van der Waals surface area (Å²) in [6, 6.07) is 7.63. The van der Waals surface area contributed by atoms with Gasteiger partial charge >= 0.3 is 0 Å². The molecule has 0 atom stereocenters. The summed E-state index contributed by atoms with van der Waals surface area (Å²) in [5.41, 5.74) is 1.32. The van der Waals surface area contributed by atoms with Crippen molar-refractivity contribution < 1.29 is 9.90 Å². The van der Waals surface area contributed by atoms with E-state index in [-0.39, 0.29) is 18.1 Å². The minimum absolute atomic E-state index is 0.109. The average Bonchev–Trinajstić information content (AvgIpc) is 3.26. The second kappa shape index (κ2) is 9.00. The van der Waals surface area contributed by atoms with Gasteiger partial charge in [-0.05, 0) is 50.3 Å². The summed E-state index contributed by atoms with van der Waals surface area (Å²) >= 11 is 0. The zero-order valence-corrected chi connectivity index (χ0v) is 16.3. The highest BCUT2D eigenvalue weighted by Gasteiger charge is 2.20. The van der Waals surface area contributed by atoms with E-state index in [1.807, 2.05) is 23.0 Å². The van der Waals surface area contributed by atoms with Gasteiger partial charge in [-0.1, -0.05) is 6.07 Å². The number of nitrogens with zero attached hydrogens (tertiary/aromatic N) is 4. The maximum atomic E-state index is 12.5. The third-order valence-corrected chi connectivity index (χ3v) is 5.28. The molecule has 2 heterocycles. The van der Waals surface area contributed by atoms with E-state index < -0.39 is 0 Å². The lowest BCUT2D eigenvalue weighted by atomic mass is 9.93. The number of fused-ring (bicyclic) bond motifs is 1. The number of aryl methyl sites for hydroxylation is 1. The molecule has 8 heteroatoms. The summed E-state index contributed by atoms with van der Waals surface area (Å²) in [4.78, 5) is 21.4. The molecule has 0 unspecified atom stereocenters. The lowest BCUT2D eigenvalue weighted by Crippen LogP contribution is -2.28. The minimum Gasteiger partial charge on any atom is -0.393 e. The molecule has 3 aromatic rings. The van der Waals surface area contributed by atoms with Crippen molar-refractivity contribution in [1.29, 1.82) is 0 Å². The van der Waals surface area contributed by atoms with Crippen LogP contribution in [0.5, 0.6) is 0 Å². The molecular formula is C21H26N6O2. The fourth-order valence-electron chi connectivity index (χ4n) is 3.61. The van der Waals surface area contributed by atoms with Crippen LogP contribution in [0.1, 0.15) is 42.5 Å². The predicted molar refractivity (Wildman–Crippen MR) is 111 cm³/mol. The zero-order chi connectivity index (χ0) is 20.1. The summed E-state index contributed by atoms with van der Waals surface area (Å²) in [5.74, 6) is 0.456. The van der Waals surface area contributed by atoms with E-state index in [1.165, 1.54) is 0 Å². The maximum Gasteiger partial charge on any atom is 0.251 e. The van der Waals surface area contributed by atoms with Crippen LogP contribution >= 0.6 is 0 Å². The predicted octanol–water partition coefficient (Wildman–Crippen LogP) is 2.36. The van der Waals surface area contributed by atoms with Crippen molar-refractivity contribution in [3.63, 3.8) is 0 Å². The van der Waals surface area contributed by atoms with E-state index in [9.17, 15) is 9.90 Å². The number of nitrogens with one attached hydrogen (secondary N) is 2. The highest BCUT2D eigenvalue weighted by Crippen LogP contribution is 2.22. The van der Waals surface area contributed by atoms with Gasteiger partial charge in [-0.3, -0.25) is 9.48 Å². The molecule has 152 valence electrons. The van der Waals surface area contributed by atoms with E-state index in [0.717, 1.165) is 49.6 Å². The molecule has 1 aromatic carbocycles. The molecule has 0 spiro atoms. The number of amides is 1. The Hall–Kier alpha value is -3.00. The Labute approximate surface area is 169 Å². The Balaban J connectivity index is 1.36. The minimum atomic E-state index is -0.189. The first-order valence-corrected chi connectivity index (χ1v) is 10.1. The van der Waals surface area contributed by atoms with Gasteiger partial charge in [-0.25, -0.2) is 9.97 Å². The van der Waals surface area contributed by atoms with Gasteiger partial charge in [0.05, 0.1) is 11.6 Å². The van der Waals surface area contributed by atoms with E-state index in [2.05, 4.69) is 25.7 Å². The van der Waals surface area contributed by atoms with Crippen LogP contribution in [0.15, 0.2) is 42.9 Å². The number of hydrogen-bond acceptors (Lipinski definition) is 6. The SMILES string of the molecule is O=C(NCCCn1cccn1)c1ccc2cnc(NC3CCC(O)CC3)nc2c1. The Morgan fingerprint density at radius 3 is 2.90 bits per heavy atom. The second-order valence-electron chi connectivity index (χ2n) is 7.50. The molecule has 1 aliphatic carbocycles. The van der Waals surface area contributed by atoms with Crippen molar-refractivity contribution in [3.05, 3.63) is 48.4 Å². The van der Waals surface area contributed by atoms with E-state index in [1.54, 1.807) is 24.5 Å². The third kappa shape index (κ3) is 5.08. The fourth-order valence-corrected chi connectivity index (χ4v) is 3.61. The topological polar surface area (TPSA) is 105 Å². The lowest BCUT2D eigenvalue weighted by molar-refractivity contribution is 0.0952. The molecule has 1 fully saturated rings. The van der Waals surface area contributed by atoms with Crippen molar-refractivity contribution in [2.75, 3.05) is 11.9 Å². The van der Waals surface area contributed by atoms with Crippen LogP contribution in [-0.4, -0.2) is 49.5 Å². The monoisotopic (exact) mass is 394 g/mol. The van der Waals surface area contributed by atoms with Gasteiger partial charge in [0.2, 0.25) is 5.95 Å². The average molecular weight is 394 g/mol. The molecule has 0 aliphatic heterocycles. The molecule has 29 heavy (non-hydrogen) atoms. The van der Waals surface area contributed by atoms with E-state index in [4.69, 9.17) is 0 Å². The van der Waals surface area contributed by atoms with Crippen molar-refractivity contribution in [2.24, 2.45) is 0 Å². The summed E-state index contributed by atoms with van der Waals surface area (Å²) in [7, 11) is 0. The highest BCUT2D eigenvalue weighted by molar-refractivity contribution is 5.97. The number of aromatic nitrogens is 4. The number of carbonyl (C=O) groups is 1. The van der Waals surface area contributed by atoms with Crippen molar-refractivity contribution in [2.45, 2.75) is 50.8 Å². The van der Waals surface area contributed by atoms with Gasteiger partial charge in [0.15, 0.2) is 0 Å². The molecule has 2 aromatic heterocycles. The molecule has 0 bridgehead atoms. The molecule has 1 aliphatic rings. The number of benzene rings is 1. The second-order valence-corrected chi connectivity index (χ2v) is 7.50. The van der Waals surface area contributed by atoms with E-state index in [0.29, 0.717) is 18.1 Å². The molecule has 1 amide bonds. The summed E-state index contributed by atoms with van der Waals surface area (Å²) in [6.07, 6.45) is 9.47. The number of hydrogen-bond donors (Lipinski definition) is 3. The third-order valence-electron chi connectivity index (χ3n) is 5.28. The molecule has 8 nitrogen and oxygen atoms in total. The number of rotatable bonds is 7. The van der Waals surface area contributed by atoms with E-state index >= 15 is 0 Å². The Bertz CT molecular complexity index is 951. The number of aliphatic hydroxyl groups excluding tert-OH is 1. The van der Waals surface area contributed by atoms with Crippen LogP contribution in [0.25, 0.3) is 10.9 Å². The maximum absolute atomic E-state index is 12.5. The molecule has 0 saturated heterocycles. The van der Waals surface area contributed by atoms with Crippen LogP contribution in [0, 0.1) is 0 Å². The van der Waals surface area contributed by atoms with Gasteiger partial charge in [0.25, 0.3) is 5.91 Å². The normalized spacial score (nSPS) is 19.2. The van der Waals surface area contributed by atoms with Crippen molar-refractivity contribution in [1.82, 2.24) is 25.1 Å². The first-order valence-electron chi connectivity index (χ1n) is 10.1. The molecule has 1 saturated carbocycles. The van der Waals surface area contributed by atoms with Crippen LogP contribution in [0.2, 0.25) is 0 Å². The van der Waals surface area contributed by atoms with Crippen LogP contribution in [-0.2, 0) is 6.54 Å². The fraction of sp³-hybridized carbons (Fsp3) is 0.429. The molecular weight excluding hydrogens is 368 g/mol. The summed E-state index contributed by atoms with van der Waals surface area (Å²) in [5, 5.41) is 21.0. The number of aliphatic hydroxyl groups is 1. The quantitative estimate of drug-likeness (QED) is 0.532. The van der Waals surface area contributed by atoms with Crippen LogP contribution in [0.3, 0.4) is 0 Å². The number of carbonyl (C=O) groups excluding carboxylic acids is 1. The van der Waals surface area contributed by atoms with Gasteiger partial charge in [0, 0.05) is 48.7 Å². The zero-order valence-electron chi connectivity index (χ0n) is 16.3. The summed E-state index contributed by atoms with van der Waals surface area (Å²) < 4.78 is 1.85. The smallest absolute Gasteiger partial charge is 0.251 e. The highest BCUT2D eigenvalue weighted by atomic mass is 16.3. The van der Waals surface area contributed by atoms with Crippen LogP contribution in [0.4, 0.5) is 5.95 Å². The Morgan fingerprint density at radius 1 is 1.24 bits per heavy atom. The first-order chi connectivity index (χ1) is 14.2. The first kappa shape index (κ1) is 19.3. The summed E-state index contributed by atoms with van der Waals surface area (Å²) in [6.45, 7) is 1.35. The molecule has 4 rings (SSSR count). The molecule has 0 radical (unpaired) electrons. The van der Waals surface area contributed by atoms with Crippen LogP contribution < -0.4 is 10.6 Å². The molecule has 3 N–H and O–H groups in total. The Morgan fingerprint density at radius 2 is 2.10 bits per heavy atom. The number of anilines is 1.